The van der Waals surface area contributed by atoms with E-state index in [2.05, 4.69) is 38.5 Å². The number of halogens is 2. The van der Waals surface area contributed by atoms with Crippen molar-refractivity contribution in [1.29, 1.82) is 0 Å². The van der Waals surface area contributed by atoms with Gasteiger partial charge in [-0.15, -0.1) is 0 Å². The van der Waals surface area contributed by atoms with Gasteiger partial charge in [0.15, 0.2) is 11.5 Å². The highest BCUT2D eigenvalue weighted by molar-refractivity contribution is 14.1. The lowest BCUT2D eigenvalue weighted by Crippen LogP contribution is -2.22. The Morgan fingerprint density at radius 3 is 2.57 bits per heavy atom. The van der Waals surface area contributed by atoms with Crippen LogP contribution in [0, 0.1) is 3.57 Å². The number of phenolic OH excluding ortho intramolecular Hbond substituents is 1. The summed E-state index contributed by atoms with van der Waals surface area (Å²) in [5, 5.41) is 10.4. The smallest absolute Gasteiger partial charge is 0.266 e. The van der Waals surface area contributed by atoms with E-state index in [-0.39, 0.29) is 11.3 Å². The summed E-state index contributed by atoms with van der Waals surface area (Å²) >= 11 is 5.62. The second-order valence-electron chi connectivity index (χ2n) is 6.51. The van der Waals surface area contributed by atoms with Gasteiger partial charge in [-0.2, -0.15) is 0 Å². The van der Waals surface area contributed by atoms with E-state index in [1.54, 1.807) is 28.8 Å². The van der Waals surface area contributed by atoms with Gasteiger partial charge in [-0.25, -0.2) is 4.98 Å². The van der Waals surface area contributed by atoms with Gasteiger partial charge in [-0.05, 0) is 88.8 Å². The van der Waals surface area contributed by atoms with Crippen LogP contribution in [0.1, 0.15) is 11.4 Å². The fourth-order valence-corrected chi connectivity index (χ4v) is 3.85. The summed E-state index contributed by atoms with van der Waals surface area (Å²) in [6.45, 7) is 0. The Kier molecular flexibility index (Phi) is 5.92. The molecule has 0 fully saturated rings. The third-order valence-corrected chi connectivity index (χ3v) is 5.77. The second kappa shape index (κ2) is 8.61. The van der Waals surface area contributed by atoms with Gasteiger partial charge in [0.25, 0.3) is 5.56 Å². The van der Waals surface area contributed by atoms with Gasteiger partial charge in [0, 0.05) is 8.04 Å². The Labute approximate surface area is 194 Å². The molecule has 0 aliphatic carbocycles. The van der Waals surface area contributed by atoms with E-state index in [1.165, 1.54) is 7.11 Å². The van der Waals surface area contributed by atoms with E-state index in [0.717, 1.165) is 19.3 Å². The molecule has 0 atom stereocenters. The van der Waals surface area contributed by atoms with Crippen molar-refractivity contribution < 1.29 is 9.84 Å². The predicted molar refractivity (Wildman–Crippen MR) is 131 cm³/mol. The number of hydrogen-bond acceptors (Lipinski definition) is 4. The van der Waals surface area contributed by atoms with Crippen molar-refractivity contribution >= 4 is 61.6 Å². The first-order valence-corrected chi connectivity index (χ1v) is 10.9. The minimum atomic E-state index is -0.135. The molecule has 0 aliphatic rings. The van der Waals surface area contributed by atoms with Crippen LogP contribution in [0.4, 0.5) is 0 Å². The Balaban J connectivity index is 1.91. The molecule has 4 aromatic rings. The van der Waals surface area contributed by atoms with Gasteiger partial charge in [0.1, 0.15) is 5.82 Å². The van der Waals surface area contributed by atoms with Crippen molar-refractivity contribution in [2.75, 3.05) is 7.11 Å². The fourth-order valence-electron chi connectivity index (χ4n) is 3.10. The summed E-state index contributed by atoms with van der Waals surface area (Å²) in [5.74, 6) is 0.950. The number of nitrogens with zero attached hydrogens (tertiary/aromatic N) is 2. The van der Waals surface area contributed by atoms with Crippen LogP contribution >= 0.6 is 38.5 Å². The lowest BCUT2D eigenvalue weighted by Gasteiger charge is -2.12. The zero-order chi connectivity index (χ0) is 21.3. The Morgan fingerprint density at radius 1 is 1.07 bits per heavy atom. The van der Waals surface area contributed by atoms with Crippen LogP contribution in [0.5, 0.6) is 11.5 Å². The molecule has 0 spiro atoms. The van der Waals surface area contributed by atoms with Crippen molar-refractivity contribution in [1.82, 2.24) is 9.55 Å². The Bertz CT molecular complexity index is 1330. The topological polar surface area (TPSA) is 64.3 Å². The number of ether oxygens (including phenoxy) is 1. The van der Waals surface area contributed by atoms with Crippen LogP contribution in [-0.4, -0.2) is 21.8 Å². The van der Waals surface area contributed by atoms with E-state index >= 15 is 0 Å². The number of fused-ring (bicyclic) bond motifs is 1. The normalized spacial score (nSPS) is 11.3. The maximum absolute atomic E-state index is 13.4. The summed E-state index contributed by atoms with van der Waals surface area (Å²) in [6.07, 6.45) is 3.62. The Hall–Kier alpha value is -2.65. The van der Waals surface area contributed by atoms with Crippen molar-refractivity contribution in [2.24, 2.45) is 0 Å². The van der Waals surface area contributed by atoms with Gasteiger partial charge in [-0.3, -0.25) is 9.36 Å². The molecule has 0 aliphatic heterocycles. The lowest BCUT2D eigenvalue weighted by molar-refractivity contribution is 0.373. The maximum atomic E-state index is 13.4. The molecule has 1 heterocycles. The van der Waals surface area contributed by atoms with E-state index in [1.807, 2.05) is 48.5 Å². The summed E-state index contributed by atoms with van der Waals surface area (Å²) in [7, 11) is 1.50. The first kappa shape index (κ1) is 20.6. The number of rotatable bonds is 4. The Morgan fingerprint density at radius 2 is 1.83 bits per heavy atom. The number of phenols is 1. The molecule has 30 heavy (non-hydrogen) atoms. The highest BCUT2D eigenvalue weighted by atomic mass is 127. The molecule has 3 aromatic carbocycles. The van der Waals surface area contributed by atoms with Gasteiger partial charge >= 0.3 is 0 Å². The van der Waals surface area contributed by atoms with Crippen molar-refractivity contribution in [2.45, 2.75) is 0 Å². The zero-order valence-corrected chi connectivity index (χ0v) is 19.6. The molecular weight excluding hydrogens is 559 g/mol. The molecule has 1 N–H and O–H groups in total. The molecule has 0 bridgehead atoms. The number of aromatic nitrogens is 2. The zero-order valence-electron chi connectivity index (χ0n) is 15.8. The molecule has 0 saturated heterocycles. The number of aromatic hydroxyl groups is 1. The van der Waals surface area contributed by atoms with E-state index in [0.29, 0.717) is 22.5 Å². The lowest BCUT2D eigenvalue weighted by atomic mass is 10.1. The highest BCUT2D eigenvalue weighted by Crippen LogP contribution is 2.27. The van der Waals surface area contributed by atoms with Gasteiger partial charge in [0.05, 0.1) is 23.7 Å². The molecular formula is C23H16BrIN2O3. The summed E-state index contributed by atoms with van der Waals surface area (Å²) in [6, 6.07) is 18.2. The molecule has 0 radical (unpaired) electrons. The van der Waals surface area contributed by atoms with Crippen LogP contribution in [0.25, 0.3) is 28.7 Å². The quantitative estimate of drug-likeness (QED) is 0.321. The molecule has 7 heteroatoms. The van der Waals surface area contributed by atoms with Crippen LogP contribution in [0.3, 0.4) is 0 Å². The fraction of sp³-hybridized carbons (Fsp3) is 0.0435. The van der Waals surface area contributed by atoms with Gasteiger partial charge in [0.2, 0.25) is 0 Å². The molecule has 150 valence electrons. The van der Waals surface area contributed by atoms with Crippen molar-refractivity contribution in [3.05, 3.63) is 90.4 Å². The van der Waals surface area contributed by atoms with Crippen LogP contribution in [0.15, 0.2) is 69.9 Å². The average molecular weight is 575 g/mol. The minimum absolute atomic E-state index is 0.0693. The standard InChI is InChI=1S/C23H16BrIN2O3/c1-30-21-12-14(2-10-20(21)28)3-11-22-26-19-9-6-16(25)13-18(19)23(29)27(22)17-7-4-15(24)5-8-17/h2-13,28H,1H3. The molecule has 5 nitrogen and oxygen atoms in total. The van der Waals surface area contributed by atoms with Crippen LogP contribution in [-0.2, 0) is 0 Å². The minimum Gasteiger partial charge on any atom is -0.504 e. The molecule has 0 unspecified atom stereocenters. The van der Waals surface area contributed by atoms with E-state index < -0.39 is 0 Å². The van der Waals surface area contributed by atoms with E-state index in [9.17, 15) is 9.90 Å². The van der Waals surface area contributed by atoms with Crippen molar-refractivity contribution in [3.8, 4) is 17.2 Å². The maximum Gasteiger partial charge on any atom is 0.266 e. The first-order valence-electron chi connectivity index (χ1n) is 8.99. The average Bonchev–Trinajstić information content (AvgIpc) is 2.74. The number of benzene rings is 3. The van der Waals surface area contributed by atoms with Gasteiger partial charge < -0.3 is 9.84 Å². The molecule has 0 saturated carbocycles. The second-order valence-corrected chi connectivity index (χ2v) is 8.67. The summed E-state index contributed by atoms with van der Waals surface area (Å²) in [4.78, 5) is 18.1. The summed E-state index contributed by atoms with van der Waals surface area (Å²) < 4.78 is 8.67. The predicted octanol–water partition coefficient (Wildman–Crippen LogP) is 5.64. The molecule has 4 rings (SSSR count). The largest absolute Gasteiger partial charge is 0.504 e. The van der Waals surface area contributed by atoms with Crippen LogP contribution in [0.2, 0.25) is 0 Å². The number of hydrogen-bond donors (Lipinski definition) is 1. The third-order valence-electron chi connectivity index (χ3n) is 4.57. The first-order chi connectivity index (χ1) is 14.5. The number of methoxy groups -OCH3 is 1. The van der Waals surface area contributed by atoms with Crippen molar-refractivity contribution in [3.63, 3.8) is 0 Å². The van der Waals surface area contributed by atoms with Crippen LogP contribution < -0.4 is 10.3 Å². The monoisotopic (exact) mass is 574 g/mol. The van der Waals surface area contributed by atoms with E-state index in [4.69, 9.17) is 9.72 Å². The molecule has 0 amide bonds. The summed E-state index contributed by atoms with van der Waals surface area (Å²) in [5.41, 5.74) is 2.03. The SMILES string of the molecule is COc1cc(C=Cc2nc3ccc(I)cc3c(=O)n2-c2ccc(Br)cc2)ccc1O. The van der Waals surface area contributed by atoms with Gasteiger partial charge in [-0.1, -0.05) is 28.1 Å². The molecule has 1 aromatic heterocycles. The highest BCUT2D eigenvalue weighted by Gasteiger charge is 2.12. The third kappa shape index (κ3) is 4.13.